The van der Waals surface area contributed by atoms with E-state index in [9.17, 15) is 5.11 Å². The van der Waals surface area contributed by atoms with Gasteiger partial charge in [0.15, 0.2) is 0 Å². The van der Waals surface area contributed by atoms with Crippen LogP contribution in [0.15, 0.2) is 78.9 Å². The zero-order chi connectivity index (χ0) is 31.1. The fraction of sp³-hybridized carbons (Fsp3) is 0.0476. The van der Waals surface area contributed by atoms with E-state index in [2.05, 4.69) is 125 Å². The molecule has 0 unspecified atom stereocenters. The van der Waals surface area contributed by atoms with E-state index in [1.165, 1.54) is 0 Å². The SMILES string of the molecule is C#CC#CC#CC#CC#CC#CC#CC#CC#CC#CC#COc1cc(C)cc(C(O)(c2ccccc2)c2ccccc2)c1. The van der Waals surface area contributed by atoms with Crippen molar-refractivity contribution in [1.82, 2.24) is 0 Å². The van der Waals surface area contributed by atoms with Crippen molar-refractivity contribution < 1.29 is 9.84 Å². The van der Waals surface area contributed by atoms with Crippen molar-refractivity contribution in [3.63, 3.8) is 0 Å². The number of benzene rings is 3. The van der Waals surface area contributed by atoms with Crippen molar-refractivity contribution in [2.75, 3.05) is 0 Å². The molecule has 0 radical (unpaired) electrons. The molecular formula is C42H18O2. The van der Waals surface area contributed by atoms with E-state index >= 15 is 0 Å². The fourth-order valence-electron chi connectivity index (χ4n) is 3.55. The van der Waals surface area contributed by atoms with E-state index in [4.69, 9.17) is 11.2 Å². The molecule has 0 saturated heterocycles. The maximum atomic E-state index is 12.0. The first kappa shape index (κ1) is 31.1. The minimum absolute atomic E-state index is 0.480. The number of terminal acetylenes is 1. The summed E-state index contributed by atoms with van der Waals surface area (Å²) in [5.41, 5.74) is 1.65. The lowest BCUT2D eigenvalue weighted by Crippen LogP contribution is -2.29. The second-order valence-electron chi connectivity index (χ2n) is 8.20. The van der Waals surface area contributed by atoms with E-state index in [1.54, 1.807) is 6.07 Å². The minimum atomic E-state index is -1.38. The Hall–Kier alpha value is -7.42. The van der Waals surface area contributed by atoms with E-state index in [-0.39, 0.29) is 0 Å². The molecular weight excluding hydrogens is 536 g/mol. The number of rotatable bonds is 4. The number of hydrogen-bond donors (Lipinski definition) is 1. The fourth-order valence-corrected chi connectivity index (χ4v) is 3.55. The molecule has 0 aliphatic rings. The van der Waals surface area contributed by atoms with Gasteiger partial charge < -0.3 is 9.84 Å². The highest BCUT2D eigenvalue weighted by molar-refractivity contribution is 5.51. The monoisotopic (exact) mass is 554 g/mol. The lowest BCUT2D eigenvalue weighted by molar-refractivity contribution is 0.125. The van der Waals surface area contributed by atoms with Crippen LogP contribution in [0.25, 0.3) is 0 Å². The molecule has 198 valence electrons. The van der Waals surface area contributed by atoms with Crippen molar-refractivity contribution in [2.24, 2.45) is 0 Å². The van der Waals surface area contributed by atoms with Crippen LogP contribution in [0.1, 0.15) is 22.3 Å². The van der Waals surface area contributed by atoms with Crippen LogP contribution in [0.4, 0.5) is 0 Å². The molecule has 2 nitrogen and oxygen atoms in total. The third-order valence-electron chi connectivity index (χ3n) is 5.27. The molecule has 44 heavy (non-hydrogen) atoms. The van der Waals surface area contributed by atoms with Gasteiger partial charge in [-0.05, 0) is 88.7 Å². The standard InChI is InChI=1S/C42H18O2/c1-3-4-5-6-7-8-9-10-11-12-13-14-15-16-17-18-19-20-21-28-33-44-41-35-37(2)34-40(36-41)42(43,38-29-24-22-25-30-38)39-31-26-23-27-32-39/h1,22-27,29-32,34-36,43H,2H3. The van der Waals surface area contributed by atoms with Crippen LogP contribution in [0, 0.1) is 138 Å². The van der Waals surface area contributed by atoms with Crippen LogP contribution in [-0.2, 0) is 5.60 Å². The van der Waals surface area contributed by atoms with Crippen molar-refractivity contribution in [2.45, 2.75) is 12.5 Å². The van der Waals surface area contributed by atoms with Gasteiger partial charge in [0.05, 0.1) is 0 Å². The molecule has 0 heterocycles. The van der Waals surface area contributed by atoms with Crippen molar-refractivity contribution >= 4 is 0 Å². The Morgan fingerprint density at radius 2 is 0.886 bits per heavy atom. The first-order chi connectivity index (χ1) is 21.6. The average Bonchev–Trinajstić information content (AvgIpc) is 3.05. The Kier molecular flexibility index (Phi) is 12.7. The molecule has 0 spiro atoms. The van der Waals surface area contributed by atoms with Crippen LogP contribution in [-0.4, -0.2) is 5.11 Å². The van der Waals surface area contributed by atoms with Gasteiger partial charge >= 0.3 is 0 Å². The maximum absolute atomic E-state index is 12.0. The topological polar surface area (TPSA) is 29.5 Å². The van der Waals surface area contributed by atoms with Gasteiger partial charge in [-0.25, -0.2) is 0 Å². The maximum Gasteiger partial charge on any atom is 0.140 e. The first-order valence-corrected chi connectivity index (χ1v) is 12.7. The molecule has 0 amide bonds. The molecule has 0 aromatic heterocycles. The zero-order valence-corrected chi connectivity index (χ0v) is 23.4. The highest BCUT2D eigenvalue weighted by Gasteiger charge is 2.34. The Labute approximate surface area is 259 Å². The first-order valence-electron chi connectivity index (χ1n) is 12.7. The number of aliphatic hydroxyl groups is 1. The third kappa shape index (κ3) is 10.3. The number of hydrogen-bond acceptors (Lipinski definition) is 2. The molecule has 3 aromatic carbocycles. The Morgan fingerprint density at radius 1 is 0.500 bits per heavy atom. The molecule has 0 saturated carbocycles. The minimum Gasteiger partial charge on any atom is -0.407 e. The highest BCUT2D eigenvalue weighted by Crippen LogP contribution is 2.38. The summed E-state index contributed by atoms with van der Waals surface area (Å²) in [5.74, 6) is 50.3. The van der Waals surface area contributed by atoms with E-state index in [0.29, 0.717) is 11.3 Å². The summed E-state index contributed by atoms with van der Waals surface area (Å²) in [6, 6.07) is 24.5. The summed E-state index contributed by atoms with van der Waals surface area (Å²) in [7, 11) is 0. The summed E-state index contributed by atoms with van der Waals surface area (Å²) < 4.78 is 5.62. The molecule has 0 bridgehead atoms. The average molecular weight is 555 g/mol. The van der Waals surface area contributed by atoms with E-state index < -0.39 is 5.60 Å². The predicted molar refractivity (Wildman–Crippen MR) is 173 cm³/mol. The summed E-state index contributed by atoms with van der Waals surface area (Å²) >= 11 is 0. The van der Waals surface area contributed by atoms with Crippen molar-refractivity contribution in [3.05, 3.63) is 101 Å². The summed E-state index contributed by atoms with van der Waals surface area (Å²) in [6.45, 7) is 1.93. The van der Waals surface area contributed by atoms with Crippen LogP contribution in [0.2, 0.25) is 0 Å². The molecule has 3 rings (SSSR count). The normalized spacial score (nSPS) is 7.75. The molecule has 3 aromatic rings. The van der Waals surface area contributed by atoms with Gasteiger partial charge in [-0.2, -0.15) is 0 Å². The van der Waals surface area contributed by atoms with Gasteiger partial charge in [-0.1, -0.05) is 66.7 Å². The van der Waals surface area contributed by atoms with Crippen LogP contribution in [0.5, 0.6) is 5.75 Å². The summed E-state index contributed by atoms with van der Waals surface area (Å²) in [4.78, 5) is 0. The van der Waals surface area contributed by atoms with Crippen LogP contribution < -0.4 is 4.74 Å². The highest BCUT2D eigenvalue weighted by atomic mass is 16.5. The molecule has 0 aliphatic heterocycles. The lowest BCUT2D eigenvalue weighted by Gasteiger charge is -2.30. The predicted octanol–water partition coefficient (Wildman–Crippen LogP) is 4.28. The van der Waals surface area contributed by atoms with Gasteiger partial charge in [0.25, 0.3) is 0 Å². The smallest absolute Gasteiger partial charge is 0.140 e. The van der Waals surface area contributed by atoms with E-state index in [1.807, 2.05) is 79.7 Å². The zero-order valence-electron chi connectivity index (χ0n) is 23.4. The quantitative estimate of drug-likeness (QED) is 0.386. The Morgan fingerprint density at radius 3 is 1.30 bits per heavy atom. The molecule has 2 heteroatoms. The van der Waals surface area contributed by atoms with E-state index in [0.717, 1.165) is 16.7 Å². The van der Waals surface area contributed by atoms with Gasteiger partial charge in [-0.3, -0.25) is 0 Å². The second kappa shape index (κ2) is 18.0. The molecule has 0 aliphatic carbocycles. The Balaban J connectivity index is 1.61. The van der Waals surface area contributed by atoms with Gasteiger partial charge in [0.1, 0.15) is 17.5 Å². The van der Waals surface area contributed by atoms with Crippen molar-refractivity contribution in [1.29, 1.82) is 0 Å². The molecule has 0 fully saturated rings. The van der Waals surface area contributed by atoms with Crippen LogP contribution in [0.3, 0.4) is 0 Å². The summed E-state index contributed by atoms with van der Waals surface area (Å²) in [6.07, 6.45) is 7.51. The molecule has 1 N–H and O–H groups in total. The third-order valence-corrected chi connectivity index (χ3v) is 5.27. The van der Waals surface area contributed by atoms with Crippen molar-refractivity contribution in [3.8, 4) is 137 Å². The van der Waals surface area contributed by atoms with Gasteiger partial charge in [-0.15, -0.1) is 6.42 Å². The molecule has 0 atom stereocenters. The van der Waals surface area contributed by atoms with Gasteiger partial charge in [0.2, 0.25) is 0 Å². The largest absolute Gasteiger partial charge is 0.407 e. The number of ether oxygens (including phenoxy) is 1. The lowest BCUT2D eigenvalue weighted by atomic mass is 9.80. The summed E-state index contributed by atoms with van der Waals surface area (Å²) in [5, 5.41) is 12.0. The van der Waals surface area contributed by atoms with Crippen LogP contribution >= 0.6 is 0 Å². The van der Waals surface area contributed by atoms with Gasteiger partial charge in [0, 0.05) is 71.0 Å². The second-order valence-corrected chi connectivity index (χ2v) is 8.20. The number of aryl methyl sites for hydroxylation is 1. The Bertz CT molecular complexity index is 2180.